The Hall–Kier alpha value is -1.53. The third-order valence-corrected chi connectivity index (χ3v) is 3.53. The van der Waals surface area contributed by atoms with Gasteiger partial charge in [0.1, 0.15) is 6.07 Å². The van der Waals surface area contributed by atoms with E-state index in [-0.39, 0.29) is 6.10 Å². The number of hydrogen-bond donors (Lipinski definition) is 1. The van der Waals surface area contributed by atoms with Gasteiger partial charge in [0.15, 0.2) is 0 Å². The molecule has 90 valence electrons. The Balaban J connectivity index is 2.28. The van der Waals surface area contributed by atoms with Gasteiger partial charge in [-0.15, -0.1) is 0 Å². The van der Waals surface area contributed by atoms with Crippen LogP contribution in [0.4, 0.5) is 5.69 Å². The van der Waals surface area contributed by atoms with Crippen molar-refractivity contribution in [2.75, 3.05) is 18.0 Å². The summed E-state index contributed by atoms with van der Waals surface area (Å²) in [5.41, 5.74) is 2.79. The van der Waals surface area contributed by atoms with Crippen molar-refractivity contribution in [2.45, 2.75) is 26.4 Å². The Morgan fingerprint density at radius 2 is 2.24 bits per heavy atom. The van der Waals surface area contributed by atoms with Gasteiger partial charge in [0, 0.05) is 13.1 Å². The molecule has 1 aromatic carbocycles. The lowest BCUT2D eigenvalue weighted by Gasteiger charge is -2.36. The van der Waals surface area contributed by atoms with Gasteiger partial charge in [0.2, 0.25) is 0 Å². The predicted molar refractivity (Wildman–Crippen MR) is 67.9 cm³/mol. The molecule has 0 amide bonds. The van der Waals surface area contributed by atoms with Crippen molar-refractivity contribution < 1.29 is 5.11 Å². The largest absolute Gasteiger partial charge is 0.391 e. The van der Waals surface area contributed by atoms with Crippen LogP contribution in [0, 0.1) is 24.2 Å². The molecule has 0 spiro atoms. The lowest BCUT2D eigenvalue weighted by molar-refractivity contribution is 0.103. The molecule has 1 fully saturated rings. The normalized spacial score (nSPS) is 24.5. The van der Waals surface area contributed by atoms with Crippen molar-refractivity contribution in [1.29, 1.82) is 5.26 Å². The van der Waals surface area contributed by atoms with E-state index in [9.17, 15) is 5.11 Å². The highest BCUT2D eigenvalue weighted by Crippen LogP contribution is 2.27. The van der Waals surface area contributed by atoms with Gasteiger partial charge >= 0.3 is 0 Å². The van der Waals surface area contributed by atoms with E-state index in [1.807, 2.05) is 25.1 Å². The van der Waals surface area contributed by atoms with Gasteiger partial charge in [0.05, 0.1) is 17.4 Å². The van der Waals surface area contributed by atoms with Gasteiger partial charge in [-0.3, -0.25) is 0 Å². The average Bonchev–Trinajstić information content (AvgIpc) is 2.32. The molecule has 1 heterocycles. The number of hydrogen-bond acceptors (Lipinski definition) is 3. The van der Waals surface area contributed by atoms with Crippen LogP contribution in [0.15, 0.2) is 18.2 Å². The van der Waals surface area contributed by atoms with Crippen molar-refractivity contribution in [3.8, 4) is 6.07 Å². The van der Waals surface area contributed by atoms with Gasteiger partial charge in [-0.2, -0.15) is 5.26 Å². The summed E-state index contributed by atoms with van der Waals surface area (Å²) >= 11 is 0. The number of aryl methyl sites for hydroxylation is 1. The minimum absolute atomic E-state index is 0.296. The molecule has 0 bridgehead atoms. The van der Waals surface area contributed by atoms with Crippen molar-refractivity contribution >= 4 is 5.69 Å². The maximum Gasteiger partial charge on any atom is 0.101 e. The molecule has 17 heavy (non-hydrogen) atoms. The van der Waals surface area contributed by atoms with Crippen LogP contribution < -0.4 is 4.90 Å². The topological polar surface area (TPSA) is 47.3 Å². The van der Waals surface area contributed by atoms with Crippen LogP contribution in [-0.4, -0.2) is 24.3 Å². The molecule has 0 aromatic heterocycles. The lowest BCUT2D eigenvalue weighted by atomic mass is 9.95. The van der Waals surface area contributed by atoms with E-state index in [1.54, 1.807) is 0 Å². The Kier molecular flexibility index (Phi) is 3.35. The summed E-state index contributed by atoms with van der Waals surface area (Å²) in [5, 5.41) is 19.0. The van der Waals surface area contributed by atoms with E-state index >= 15 is 0 Å². The molecule has 0 saturated carbocycles. The van der Waals surface area contributed by atoms with E-state index in [4.69, 9.17) is 5.26 Å². The highest BCUT2D eigenvalue weighted by atomic mass is 16.3. The van der Waals surface area contributed by atoms with E-state index in [0.717, 1.165) is 24.2 Å². The summed E-state index contributed by atoms with van der Waals surface area (Å²) in [6, 6.07) is 8.06. The molecule has 1 aliphatic heterocycles. The predicted octanol–water partition coefficient (Wildman–Crippen LogP) is 2.07. The molecular weight excluding hydrogens is 212 g/mol. The monoisotopic (exact) mass is 230 g/mol. The number of rotatable bonds is 1. The standard InChI is InChI=1S/C14H18N2O/c1-10-3-4-12(8-15)13(7-10)16-6-5-11(2)14(17)9-16/h3-4,7,11,14,17H,5-6,9H2,1-2H3. The van der Waals surface area contributed by atoms with Crippen LogP contribution in [-0.2, 0) is 0 Å². The maximum absolute atomic E-state index is 9.92. The zero-order valence-corrected chi connectivity index (χ0v) is 10.3. The summed E-state index contributed by atoms with van der Waals surface area (Å²) in [5.74, 6) is 0.349. The molecule has 1 saturated heterocycles. The first-order valence-corrected chi connectivity index (χ1v) is 6.05. The molecule has 3 heteroatoms. The van der Waals surface area contributed by atoms with Crippen LogP contribution in [0.5, 0.6) is 0 Å². The number of aliphatic hydroxyl groups is 1. The highest BCUT2D eigenvalue weighted by molar-refractivity contribution is 5.61. The van der Waals surface area contributed by atoms with Crippen molar-refractivity contribution in [3.63, 3.8) is 0 Å². The third kappa shape index (κ3) is 2.42. The van der Waals surface area contributed by atoms with E-state index in [1.165, 1.54) is 0 Å². The SMILES string of the molecule is Cc1ccc(C#N)c(N2CCC(C)C(O)C2)c1. The second kappa shape index (κ2) is 4.77. The summed E-state index contributed by atoms with van der Waals surface area (Å²) in [7, 11) is 0. The lowest BCUT2D eigenvalue weighted by Crippen LogP contribution is -2.43. The smallest absolute Gasteiger partial charge is 0.101 e. The Labute approximate surface area is 102 Å². The van der Waals surface area contributed by atoms with Crippen molar-refractivity contribution in [3.05, 3.63) is 29.3 Å². The van der Waals surface area contributed by atoms with E-state index < -0.39 is 0 Å². The Morgan fingerprint density at radius 1 is 1.47 bits per heavy atom. The van der Waals surface area contributed by atoms with E-state index in [2.05, 4.69) is 17.9 Å². The molecule has 2 unspecified atom stereocenters. The minimum atomic E-state index is -0.296. The average molecular weight is 230 g/mol. The number of aliphatic hydroxyl groups excluding tert-OH is 1. The fourth-order valence-electron chi connectivity index (χ4n) is 2.27. The quantitative estimate of drug-likeness (QED) is 0.803. The summed E-state index contributed by atoms with van der Waals surface area (Å²) in [6.45, 7) is 5.63. The fraction of sp³-hybridized carbons (Fsp3) is 0.500. The number of β-amino-alcohol motifs (C(OH)–C–C–N with tert-alkyl or cyclic N) is 1. The zero-order valence-electron chi connectivity index (χ0n) is 10.3. The molecule has 3 nitrogen and oxygen atoms in total. The number of piperidine rings is 1. The molecule has 2 rings (SSSR count). The number of benzene rings is 1. The van der Waals surface area contributed by atoms with Crippen molar-refractivity contribution in [2.24, 2.45) is 5.92 Å². The van der Waals surface area contributed by atoms with Gasteiger partial charge in [-0.05, 0) is 37.0 Å². The van der Waals surface area contributed by atoms with Gasteiger partial charge in [0.25, 0.3) is 0 Å². The van der Waals surface area contributed by atoms with Crippen molar-refractivity contribution in [1.82, 2.24) is 0 Å². The third-order valence-electron chi connectivity index (χ3n) is 3.53. The minimum Gasteiger partial charge on any atom is -0.391 e. The Morgan fingerprint density at radius 3 is 2.88 bits per heavy atom. The highest BCUT2D eigenvalue weighted by Gasteiger charge is 2.25. The zero-order chi connectivity index (χ0) is 12.4. The van der Waals surface area contributed by atoms with Gasteiger partial charge in [-0.25, -0.2) is 0 Å². The van der Waals surface area contributed by atoms with E-state index in [0.29, 0.717) is 18.0 Å². The second-order valence-electron chi connectivity index (χ2n) is 4.91. The van der Waals surface area contributed by atoms with Gasteiger partial charge in [-0.1, -0.05) is 13.0 Å². The summed E-state index contributed by atoms with van der Waals surface area (Å²) < 4.78 is 0. The number of nitrogens with zero attached hydrogens (tertiary/aromatic N) is 2. The Bertz CT molecular complexity index is 450. The molecule has 0 radical (unpaired) electrons. The summed E-state index contributed by atoms with van der Waals surface area (Å²) in [6.07, 6.45) is 0.677. The van der Waals surface area contributed by atoms with Gasteiger partial charge < -0.3 is 10.0 Å². The molecule has 1 aliphatic rings. The first-order chi connectivity index (χ1) is 8.11. The van der Waals surface area contributed by atoms with Crippen LogP contribution in [0.3, 0.4) is 0 Å². The molecule has 1 aromatic rings. The second-order valence-corrected chi connectivity index (χ2v) is 4.91. The molecular formula is C14H18N2O. The first-order valence-electron chi connectivity index (χ1n) is 6.05. The number of nitriles is 1. The fourth-order valence-corrected chi connectivity index (χ4v) is 2.27. The molecule has 1 N–H and O–H groups in total. The first kappa shape index (κ1) is 11.9. The van der Waals surface area contributed by atoms with Crippen LogP contribution in [0.2, 0.25) is 0 Å². The van der Waals surface area contributed by atoms with Crippen LogP contribution in [0.1, 0.15) is 24.5 Å². The van der Waals surface area contributed by atoms with Crippen LogP contribution >= 0.6 is 0 Å². The van der Waals surface area contributed by atoms with Crippen LogP contribution in [0.25, 0.3) is 0 Å². The maximum atomic E-state index is 9.92. The number of anilines is 1. The molecule has 2 atom stereocenters. The molecule has 0 aliphatic carbocycles. The summed E-state index contributed by atoms with van der Waals surface area (Å²) in [4.78, 5) is 2.12.